The Balaban J connectivity index is 2.74. The third-order valence-electron chi connectivity index (χ3n) is 2.88. The first-order valence-corrected chi connectivity index (χ1v) is 5.85. The summed E-state index contributed by atoms with van der Waals surface area (Å²) in [4.78, 5) is 13.9. The van der Waals surface area contributed by atoms with E-state index in [9.17, 15) is 4.79 Å². The third kappa shape index (κ3) is 3.17. The van der Waals surface area contributed by atoms with Crippen LogP contribution in [0.5, 0.6) is 0 Å². The van der Waals surface area contributed by atoms with Gasteiger partial charge >= 0.3 is 0 Å². The zero-order valence-electron chi connectivity index (χ0n) is 10.6. The Labute approximate surface area is 97.3 Å². The van der Waals surface area contributed by atoms with Crippen molar-refractivity contribution >= 4 is 5.91 Å². The first-order valence-electron chi connectivity index (χ1n) is 5.85. The van der Waals surface area contributed by atoms with E-state index in [4.69, 9.17) is 10.6 Å². The fraction of sp³-hybridized carbons (Fsp3) is 0.909. The summed E-state index contributed by atoms with van der Waals surface area (Å²) in [6.45, 7) is 9.68. The number of nitrogens with two attached hydrogens (primary N) is 1. The standard InChI is InChI=1S/C11H23N3O2/c1-7(2)10(11(15)13-12)14-5-8(3)16-9(4)6-14/h7-10H,5-6,12H2,1-4H3,(H,13,15)/t8-,9+,10-/m1/s1. The Morgan fingerprint density at radius 1 is 1.38 bits per heavy atom. The number of amides is 1. The molecule has 3 atom stereocenters. The van der Waals surface area contributed by atoms with E-state index in [2.05, 4.69) is 10.3 Å². The van der Waals surface area contributed by atoms with Gasteiger partial charge in [0.15, 0.2) is 0 Å². The molecule has 0 aliphatic carbocycles. The van der Waals surface area contributed by atoms with E-state index in [1.54, 1.807) is 0 Å². The highest BCUT2D eigenvalue weighted by Crippen LogP contribution is 2.18. The quantitative estimate of drug-likeness (QED) is 0.409. The van der Waals surface area contributed by atoms with E-state index in [1.807, 2.05) is 27.7 Å². The molecule has 0 radical (unpaired) electrons. The van der Waals surface area contributed by atoms with Crippen LogP contribution >= 0.6 is 0 Å². The van der Waals surface area contributed by atoms with Crippen LogP contribution in [0.25, 0.3) is 0 Å². The van der Waals surface area contributed by atoms with Gasteiger partial charge in [-0.1, -0.05) is 13.8 Å². The van der Waals surface area contributed by atoms with Gasteiger partial charge in [-0.05, 0) is 19.8 Å². The normalized spacial score (nSPS) is 29.1. The molecule has 16 heavy (non-hydrogen) atoms. The maximum absolute atomic E-state index is 11.7. The van der Waals surface area contributed by atoms with Crippen LogP contribution in [0.2, 0.25) is 0 Å². The molecule has 0 bridgehead atoms. The monoisotopic (exact) mass is 229 g/mol. The first-order chi connectivity index (χ1) is 7.45. The van der Waals surface area contributed by atoms with Crippen LogP contribution in [0.1, 0.15) is 27.7 Å². The van der Waals surface area contributed by atoms with Gasteiger partial charge in [-0.15, -0.1) is 0 Å². The Kier molecular flexibility index (Phi) is 4.70. The molecule has 1 rings (SSSR count). The van der Waals surface area contributed by atoms with Crippen molar-refractivity contribution in [2.75, 3.05) is 13.1 Å². The van der Waals surface area contributed by atoms with Crippen LogP contribution in [-0.4, -0.2) is 42.1 Å². The summed E-state index contributed by atoms with van der Waals surface area (Å²) in [6.07, 6.45) is 0.325. The van der Waals surface area contributed by atoms with Gasteiger partial charge in [0.05, 0.1) is 18.2 Å². The van der Waals surface area contributed by atoms with Gasteiger partial charge in [0.1, 0.15) is 0 Å². The van der Waals surface area contributed by atoms with E-state index in [-0.39, 0.29) is 30.1 Å². The molecule has 94 valence electrons. The number of morpholine rings is 1. The fourth-order valence-corrected chi connectivity index (χ4v) is 2.42. The highest BCUT2D eigenvalue weighted by molar-refractivity contribution is 5.81. The highest BCUT2D eigenvalue weighted by Gasteiger charge is 2.33. The van der Waals surface area contributed by atoms with Gasteiger partial charge < -0.3 is 4.74 Å². The van der Waals surface area contributed by atoms with Gasteiger partial charge in [-0.2, -0.15) is 0 Å². The van der Waals surface area contributed by atoms with Crippen LogP contribution < -0.4 is 11.3 Å². The van der Waals surface area contributed by atoms with E-state index < -0.39 is 0 Å². The molecule has 0 aromatic heterocycles. The Bertz CT molecular complexity index is 235. The van der Waals surface area contributed by atoms with Gasteiger partial charge in [-0.25, -0.2) is 5.84 Å². The third-order valence-corrected chi connectivity index (χ3v) is 2.88. The van der Waals surface area contributed by atoms with E-state index in [0.29, 0.717) is 0 Å². The number of hydrogen-bond donors (Lipinski definition) is 2. The second-order valence-corrected chi connectivity index (χ2v) is 4.91. The molecule has 0 aromatic carbocycles. The summed E-state index contributed by atoms with van der Waals surface area (Å²) in [7, 11) is 0. The van der Waals surface area contributed by atoms with Crippen molar-refractivity contribution in [3.63, 3.8) is 0 Å². The summed E-state index contributed by atoms with van der Waals surface area (Å²) in [6, 6.07) is -0.168. The predicted molar refractivity (Wildman–Crippen MR) is 62.5 cm³/mol. The molecule has 1 saturated heterocycles. The second-order valence-electron chi connectivity index (χ2n) is 4.91. The number of nitrogens with one attached hydrogen (secondary N) is 1. The topological polar surface area (TPSA) is 67.6 Å². The largest absolute Gasteiger partial charge is 0.373 e. The number of rotatable bonds is 3. The van der Waals surface area contributed by atoms with E-state index in [0.717, 1.165) is 13.1 Å². The summed E-state index contributed by atoms with van der Waals surface area (Å²) >= 11 is 0. The zero-order valence-corrected chi connectivity index (χ0v) is 10.6. The van der Waals surface area contributed by atoms with Gasteiger partial charge in [0.25, 0.3) is 5.91 Å². The van der Waals surface area contributed by atoms with Crippen LogP contribution in [0, 0.1) is 5.92 Å². The van der Waals surface area contributed by atoms with Crippen molar-refractivity contribution < 1.29 is 9.53 Å². The molecule has 0 saturated carbocycles. The molecule has 5 heteroatoms. The summed E-state index contributed by atoms with van der Waals surface area (Å²) in [5.41, 5.74) is 2.25. The SMILES string of the molecule is CC(C)[C@H](C(=O)NN)N1C[C@@H](C)O[C@@H](C)C1. The highest BCUT2D eigenvalue weighted by atomic mass is 16.5. The van der Waals surface area contributed by atoms with E-state index in [1.165, 1.54) is 0 Å². The predicted octanol–water partition coefficient (Wildman–Crippen LogP) is 0.110. The summed E-state index contributed by atoms with van der Waals surface area (Å²) < 4.78 is 5.66. The van der Waals surface area contributed by atoms with Crippen molar-refractivity contribution in [3.8, 4) is 0 Å². The number of hydrogen-bond acceptors (Lipinski definition) is 4. The lowest BCUT2D eigenvalue weighted by Gasteiger charge is -2.40. The van der Waals surface area contributed by atoms with Crippen LogP contribution in [0.4, 0.5) is 0 Å². The number of nitrogens with zero attached hydrogens (tertiary/aromatic N) is 1. The minimum atomic E-state index is -0.168. The maximum Gasteiger partial charge on any atom is 0.251 e. The lowest BCUT2D eigenvalue weighted by atomic mass is 10.00. The molecule has 1 aliphatic rings. The Hall–Kier alpha value is -0.650. The summed E-state index contributed by atoms with van der Waals surface area (Å²) in [5.74, 6) is 5.35. The van der Waals surface area contributed by atoms with Crippen LogP contribution in [-0.2, 0) is 9.53 Å². The van der Waals surface area contributed by atoms with Gasteiger partial charge in [-0.3, -0.25) is 15.1 Å². The average Bonchev–Trinajstić information content (AvgIpc) is 2.15. The maximum atomic E-state index is 11.7. The Morgan fingerprint density at radius 3 is 2.25 bits per heavy atom. The summed E-state index contributed by atoms with van der Waals surface area (Å²) in [5, 5.41) is 0. The number of carbonyl (C=O) groups is 1. The second kappa shape index (κ2) is 5.61. The van der Waals surface area contributed by atoms with Crippen molar-refractivity contribution in [1.82, 2.24) is 10.3 Å². The molecule has 1 heterocycles. The lowest BCUT2D eigenvalue weighted by Crippen LogP contribution is -2.57. The molecule has 0 unspecified atom stereocenters. The zero-order chi connectivity index (χ0) is 12.3. The molecular weight excluding hydrogens is 206 g/mol. The van der Waals surface area contributed by atoms with E-state index >= 15 is 0 Å². The van der Waals surface area contributed by atoms with Crippen molar-refractivity contribution in [2.45, 2.75) is 45.9 Å². The number of ether oxygens (including phenoxy) is 1. The molecule has 5 nitrogen and oxygen atoms in total. The van der Waals surface area contributed by atoms with Gasteiger partial charge in [0, 0.05) is 13.1 Å². The van der Waals surface area contributed by atoms with Crippen molar-refractivity contribution in [2.24, 2.45) is 11.8 Å². The molecule has 0 aromatic rings. The Morgan fingerprint density at radius 2 is 1.88 bits per heavy atom. The number of carbonyl (C=O) groups excluding carboxylic acids is 1. The lowest BCUT2D eigenvalue weighted by molar-refractivity contribution is -0.135. The minimum Gasteiger partial charge on any atom is -0.373 e. The number of hydrazine groups is 1. The van der Waals surface area contributed by atoms with Crippen molar-refractivity contribution in [1.29, 1.82) is 0 Å². The van der Waals surface area contributed by atoms with Gasteiger partial charge in [0.2, 0.25) is 0 Å². The molecular formula is C11H23N3O2. The molecule has 0 spiro atoms. The van der Waals surface area contributed by atoms with Crippen LogP contribution in [0.3, 0.4) is 0 Å². The molecule has 1 fully saturated rings. The minimum absolute atomic E-state index is 0.115. The molecule has 1 amide bonds. The fourth-order valence-electron chi connectivity index (χ4n) is 2.42. The molecule has 1 aliphatic heterocycles. The molecule has 3 N–H and O–H groups in total. The first kappa shape index (κ1) is 13.4. The van der Waals surface area contributed by atoms with Crippen LogP contribution in [0.15, 0.2) is 0 Å². The van der Waals surface area contributed by atoms with Crippen molar-refractivity contribution in [3.05, 3.63) is 0 Å². The average molecular weight is 229 g/mol. The smallest absolute Gasteiger partial charge is 0.251 e.